The molecule has 2 rings (SSSR count). The van der Waals surface area contributed by atoms with Crippen LogP contribution in [0.5, 0.6) is 11.5 Å². The van der Waals surface area contributed by atoms with E-state index in [0.717, 1.165) is 0 Å². The first kappa shape index (κ1) is 16.6. The monoisotopic (exact) mass is 329 g/mol. The molecule has 1 atom stereocenters. The van der Waals surface area contributed by atoms with E-state index in [4.69, 9.17) is 14.6 Å². The van der Waals surface area contributed by atoms with Crippen molar-refractivity contribution < 1.29 is 27.8 Å². The smallest absolute Gasteiger partial charge is 0.307 e. The van der Waals surface area contributed by atoms with Crippen LogP contribution in [0.25, 0.3) is 0 Å². The van der Waals surface area contributed by atoms with Gasteiger partial charge in [-0.2, -0.15) is 4.31 Å². The Kier molecular flexibility index (Phi) is 4.92. The molecule has 1 fully saturated rings. The first-order valence-electron chi connectivity index (χ1n) is 6.85. The summed E-state index contributed by atoms with van der Waals surface area (Å²) in [6, 6.07) is 4.34. The highest BCUT2D eigenvalue weighted by molar-refractivity contribution is 7.89. The van der Waals surface area contributed by atoms with Crippen LogP contribution in [0.1, 0.15) is 12.8 Å². The van der Waals surface area contributed by atoms with E-state index in [1.807, 2.05) is 0 Å². The average molecular weight is 329 g/mol. The summed E-state index contributed by atoms with van der Waals surface area (Å²) < 4.78 is 36.7. The highest BCUT2D eigenvalue weighted by Gasteiger charge is 2.33. The van der Waals surface area contributed by atoms with Crippen LogP contribution in [0.2, 0.25) is 0 Å². The number of nitrogens with zero attached hydrogens (tertiary/aromatic N) is 1. The molecular weight excluding hydrogens is 310 g/mol. The lowest BCUT2D eigenvalue weighted by molar-refractivity contribution is -0.142. The van der Waals surface area contributed by atoms with E-state index in [2.05, 4.69) is 0 Å². The molecule has 1 unspecified atom stereocenters. The van der Waals surface area contributed by atoms with Crippen molar-refractivity contribution in [3.8, 4) is 11.5 Å². The predicted octanol–water partition coefficient (Wildman–Crippen LogP) is 1.19. The Morgan fingerprint density at radius 3 is 2.55 bits per heavy atom. The van der Waals surface area contributed by atoms with Gasteiger partial charge < -0.3 is 14.6 Å². The van der Waals surface area contributed by atoms with E-state index < -0.39 is 21.9 Å². The fourth-order valence-electron chi connectivity index (χ4n) is 2.49. The first-order valence-corrected chi connectivity index (χ1v) is 8.29. The third kappa shape index (κ3) is 3.17. The Morgan fingerprint density at radius 2 is 1.95 bits per heavy atom. The highest BCUT2D eigenvalue weighted by Crippen LogP contribution is 2.31. The number of hydrogen-bond acceptors (Lipinski definition) is 5. The van der Waals surface area contributed by atoms with E-state index >= 15 is 0 Å². The van der Waals surface area contributed by atoms with Crippen molar-refractivity contribution in [1.29, 1.82) is 0 Å². The second-order valence-corrected chi connectivity index (χ2v) is 7.00. The van der Waals surface area contributed by atoms with Gasteiger partial charge in [-0.3, -0.25) is 4.79 Å². The van der Waals surface area contributed by atoms with Gasteiger partial charge in [0.05, 0.1) is 25.0 Å². The molecule has 0 aliphatic carbocycles. The molecule has 1 saturated heterocycles. The fraction of sp³-hybridized carbons (Fsp3) is 0.500. The largest absolute Gasteiger partial charge is 0.493 e. The van der Waals surface area contributed by atoms with Gasteiger partial charge in [-0.25, -0.2) is 8.42 Å². The van der Waals surface area contributed by atoms with Crippen molar-refractivity contribution in [2.45, 2.75) is 17.7 Å². The number of rotatable bonds is 5. The zero-order valence-electron chi connectivity index (χ0n) is 12.5. The number of carboxylic acids is 1. The molecule has 0 bridgehead atoms. The molecule has 1 N–H and O–H groups in total. The van der Waals surface area contributed by atoms with Gasteiger partial charge >= 0.3 is 5.97 Å². The maximum absolute atomic E-state index is 12.7. The third-order valence-electron chi connectivity index (χ3n) is 3.73. The summed E-state index contributed by atoms with van der Waals surface area (Å²) in [6.45, 7) is 0.312. The number of hydrogen-bond donors (Lipinski definition) is 1. The zero-order valence-corrected chi connectivity index (χ0v) is 13.3. The van der Waals surface area contributed by atoms with E-state index in [0.29, 0.717) is 30.9 Å². The maximum atomic E-state index is 12.7. The van der Waals surface area contributed by atoms with Gasteiger partial charge in [-0.15, -0.1) is 0 Å². The Labute approximate surface area is 129 Å². The second-order valence-electron chi connectivity index (χ2n) is 5.06. The van der Waals surface area contributed by atoms with Gasteiger partial charge in [0.25, 0.3) is 0 Å². The molecule has 1 aromatic rings. The molecule has 8 heteroatoms. The van der Waals surface area contributed by atoms with Crippen LogP contribution in [-0.2, 0) is 14.8 Å². The number of ether oxygens (including phenoxy) is 2. The minimum Gasteiger partial charge on any atom is -0.493 e. The van der Waals surface area contributed by atoms with Crippen LogP contribution in [0.3, 0.4) is 0 Å². The lowest BCUT2D eigenvalue weighted by Gasteiger charge is -2.29. The minimum atomic E-state index is -3.75. The third-order valence-corrected chi connectivity index (χ3v) is 5.59. The van der Waals surface area contributed by atoms with Gasteiger partial charge in [0, 0.05) is 19.2 Å². The molecule has 0 aromatic heterocycles. The Bertz CT molecular complexity index is 657. The molecule has 0 saturated carbocycles. The highest BCUT2D eigenvalue weighted by atomic mass is 32.2. The lowest BCUT2D eigenvalue weighted by atomic mass is 10.0. The van der Waals surface area contributed by atoms with E-state index in [1.165, 1.54) is 36.7 Å². The molecule has 1 aromatic carbocycles. The van der Waals surface area contributed by atoms with Gasteiger partial charge in [-0.1, -0.05) is 0 Å². The molecule has 7 nitrogen and oxygen atoms in total. The summed E-state index contributed by atoms with van der Waals surface area (Å²) >= 11 is 0. The summed E-state index contributed by atoms with van der Waals surface area (Å²) in [5.41, 5.74) is 0. The van der Waals surface area contributed by atoms with Crippen molar-refractivity contribution in [3.05, 3.63) is 18.2 Å². The summed E-state index contributed by atoms with van der Waals surface area (Å²) in [4.78, 5) is 11.2. The molecule has 0 amide bonds. The predicted molar refractivity (Wildman–Crippen MR) is 78.7 cm³/mol. The van der Waals surface area contributed by atoms with Crippen molar-refractivity contribution in [1.82, 2.24) is 4.31 Å². The molecule has 1 heterocycles. The van der Waals surface area contributed by atoms with E-state index in [9.17, 15) is 13.2 Å². The Hall–Kier alpha value is -1.80. The number of benzene rings is 1. The van der Waals surface area contributed by atoms with Gasteiger partial charge in [0.1, 0.15) is 0 Å². The minimum absolute atomic E-state index is 0.00793. The standard InChI is InChI=1S/C14H19NO6S/c1-20-12-6-5-11(8-13(12)21-2)22(18,19)15-7-3-4-10(9-15)14(16)17/h5-6,8,10H,3-4,7,9H2,1-2H3,(H,16,17). The van der Waals surface area contributed by atoms with Crippen LogP contribution in [-0.4, -0.2) is 51.1 Å². The van der Waals surface area contributed by atoms with Crippen LogP contribution < -0.4 is 9.47 Å². The topological polar surface area (TPSA) is 93.1 Å². The van der Waals surface area contributed by atoms with E-state index in [1.54, 1.807) is 0 Å². The SMILES string of the molecule is COc1ccc(S(=O)(=O)N2CCCC(C(=O)O)C2)cc1OC. The summed E-state index contributed by atoms with van der Waals surface area (Å²) in [7, 11) is -0.859. The molecule has 122 valence electrons. The fourth-order valence-corrected chi connectivity index (χ4v) is 4.03. The summed E-state index contributed by atoms with van der Waals surface area (Å²) in [5.74, 6) is -0.880. The molecule has 1 aliphatic heterocycles. The maximum Gasteiger partial charge on any atom is 0.307 e. The van der Waals surface area contributed by atoms with Gasteiger partial charge in [-0.05, 0) is 25.0 Å². The van der Waals surface area contributed by atoms with Crippen LogP contribution >= 0.6 is 0 Å². The molecule has 22 heavy (non-hydrogen) atoms. The van der Waals surface area contributed by atoms with Crippen LogP contribution in [0.4, 0.5) is 0 Å². The Morgan fingerprint density at radius 1 is 1.27 bits per heavy atom. The van der Waals surface area contributed by atoms with Crippen molar-refractivity contribution in [2.24, 2.45) is 5.92 Å². The number of piperidine rings is 1. The molecule has 1 aliphatic rings. The Balaban J connectivity index is 2.32. The molecule has 0 radical (unpaired) electrons. The quantitative estimate of drug-likeness (QED) is 0.872. The summed E-state index contributed by atoms with van der Waals surface area (Å²) in [5, 5.41) is 9.08. The van der Waals surface area contributed by atoms with Crippen molar-refractivity contribution >= 4 is 16.0 Å². The molecule has 0 spiro atoms. The van der Waals surface area contributed by atoms with Gasteiger partial charge in [0.2, 0.25) is 10.0 Å². The number of sulfonamides is 1. The normalized spacial score (nSPS) is 19.6. The van der Waals surface area contributed by atoms with Gasteiger partial charge in [0.15, 0.2) is 11.5 Å². The second kappa shape index (κ2) is 6.53. The number of methoxy groups -OCH3 is 2. The van der Waals surface area contributed by atoms with Crippen molar-refractivity contribution in [2.75, 3.05) is 27.3 Å². The number of carbonyl (C=O) groups is 1. The number of carboxylic acid groups (broad SMARTS) is 1. The number of aliphatic carboxylic acids is 1. The van der Waals surface area contributed by atoms with Crippen molar-refractivity contribution in [3.63, 3.8) is 0 Å². The van der Waals surface area contributed by atoms with Crippen LogP contribution in [0.15, 0.2) is 23.1 Å². The first-order chi connectivity index (χ1) is 10.4. The van der Waals surface area contributed by atoms with E-state index in [-0.39, 0.29) is 11.4 Å². The average Bonchev–Trinajstić information content (AvgIpc) is 2.54. The molecular formula is C14H19NO6S. The zero-order chi connectivity index (χ0) is 16.3. The summed E-state index contributed by atoms with van der Waals surface area (Å²) in [6.07, 6.45) is 1.02. The van der Waals surface area contributed by atoms with Crippen LogP contribution in [0, 0.1) is 5.92 Å². The lowest BCUT2D eigenvalue weighted by Crippen LogP contribution is -2.42.